The second kappa shape index (κ2) is 8.20. The molecule has 1 aliphatic heterocycles. The molecular weight excluding hydrogens is 422 g/mol. The van der Waals surface area contributed by atoms with Crippen LogP contribution in [0.2, 0.25) is 0 Å². The van der Waals surface area contributed by atoms with Gasteiger partial charge in [0.25, 0.3) is 0 Å². The monoisotopic (exact) mass is 453 g/mol. The average molecular weight is 454 g/mol. The molecule has 0 amide bonds. The Labute approximate surface area is 201 Å². The number of aryl methyl sites for hydroxylation is 2. The second-order valence-electron chi connectivity index (χ2n) is 10.0. The van der Waals surface area contributed by atoms with Crippen LogP contribution in [-0.4, -0.2) is 33.0 Å². The highest BCUT2D eigenvalue weighted by Crippen LogP contribution is 2.33. The average Bonchev–Trinajstić information content (AvgIpc) is 3.36. The Hall–Kier alpha value is -3.80. The van der Waals surface area contributed by atoms with E-state index in [-0.39, 0.29) is 5.41 Å². The third-order valence-electron chi connectivity index (χ3n) is 6.32. The summed E-state index contributed by atoms with van der Waals surface area (Å²) in [5, 5.41) is 0. The highest BCUT2D eigenvalue weighted by atomic mass is 16.5. The molecule has 1 aromatic carbocycles. The molecule has 0 saturated heterocycles. The topological polar surface area (TPSA) is 45.9 Å². The van der Waals surface area contributed by atoms with Gasteiger partial charge in [-0.2, -0.15) is 0 Å². The maximum absolute atomic E-state index is 6.50. The van der Waals surface area contributed by atoms with Crippen molar-refractivity contribution in [2.24, 2.45) is 0 Å². The van der Waals surface area contributed by atoms with Gasteiger partial charge in [-0.25, -0.2) is 4.98 Å². The third kappa shape index (κ3) is 4.12. The number of anilines is 1. The molecule has 5 rings (SSSR count). The minimum absolute atomic E-state index is 0.0418. The Bertz CT molecular complexity index is 1400. The molecule has 0 radical (unpaired) electrons. The van der Waals surface area contributed by atoms with E-state index >= 15 is 0 Å². The smallest absolute Gasteiger partial charge is 0.206 e. The van der Waals surface area contributed by atoms with Crippen molar-refractivity contribution in [3.63, 3.8) is 0 Å². The van der Waals surface area contributed by atoms with Crippen LogP contribution in [0, 0.1) is 13.8 Å². The third-order valence-corrected chi connectivity index (χ3v) is 6.32. The molecule has 0 saturated carbocycles. The summed E-state index contributed by atoms with van der Waals surface area (Å²) in [7, 11) is 2.06. The number of aromatic nitrogens is 3. The molecule has 0 fully saturated rings. The Morgan fingerprint density at radius 1 is 0.971 bits per heavy atom. The number of hydrogen-bond donors (Lipinski definition) is 0. The van der Waals surface area contributed by atoms with E-state index in [0.717, 1.165) is 52.3 Å². The maximum atomic E-state index is 6.50. The van der Waals surface area contributed by atoms with Crippen molar-refractivity contribution in [3.05, 3.63) is 84.1 Å². The molecule has 0 N–H and O–H groups in total. The van der Waals surface area contributed by atoms with Crippen molar-refractivity contribution in [2.75, 3.05) is 18.6 Å². The lowest BCUT2D eigenvalue weighted by atomic mass is 9.87. The van der Waals surface area contributed by atoms with Gasteiger partial charge in [-0.3, -0.25) is 9.38 Å². The number of hydrogen-bond acceptors (Lipinski definition) is 5. The van der Waals surface area contributed by atoms with Crippen molar-refractivity contribution in [1.29, 1.82) is 0 Å². The number of nitrogens with zero attached hydrogens (tertiary/aromatic N) is 5. The number of fused-ring (bicyclic) bond motifs is 1. The number of pyridine rings is 2. The quantitative estimate of drug-likeness (QED) is 0.364. The molecule has 0 aliphatic carbocycles. The standard InChI is InChI=1S/C28H31N5O/c1-19-20(2)33-26(30-19)14-21(25-16-22(10-11-29-25)28(3,4)5)15-27(33)34-24-9-7-8-23(17-24)32-13-12-31(6)18-32/h7-17H,18H2,1-6H3. The van der Waals surface area contributed by atoms with Gasteiger partial charge in [-0.05, 0) is 55.2 Å². The van der Waals surface area contributed by atoms with Crippen LogP contribution in [0.5, 0.6) is 11.6 Å². The summed E-state index contributed by atoms with van der Waals surface area (Å²) in [4.78, 5) is 13.8. The van der Waals surface area contributed by atoms with E-state index in [1.807, 2.05) is 25.3 Å². The van der Waals surface area contributed by atoms with Crippen LogP contribution in [0.15, 0.2) is 67.1 Å². The maximum Gasteiger partial charge on any atom is 0.206 e. The van der Waals surface area contributed by atoms with Crippen molar-refractivity contribution < 1.29 is 4.74 Å². The van der Waals surface area contributed by atoms with E-state index in [4.69, 9.17) is 9.72 Å². The Morgan fingerprint density at radius 2 is 1.79 bits per heavy atom. The minimum atomic E-state index is 0.0418. The molecule has 34 heavy (non-hydrogen) atoms. The van der Waals surface area contributed by atoms with Crippen molar-refractivity contribution in [1.82, 2.24) is 19.3 Å². The first-order valence-corrected chi connectivity index (χ1v) is 11.6. The lowest BCUT2D eigenvalue weighted by Crippen LogP contribution is -2.21. The van der Waals surface area contributed by atoms with Crippen molar-refractivity contribution in [2.45, 2.75) is 40.0 Å². The van der Waals surface area contributed by atoms with Gasteiger partial charge >= 0.3 is 0 Å². The summed E-state index contributed by atoms with van der Waals surface area (Å²) in [5.41, 5.74) is 7.17. The van der Waals surface area contributed by atoms with Gasteiger partial charge in [0.2, 0.25) is 5.88 Å². The van der Waals surface area contributed by atoms with Crippen LogP contribution >= 0.6 is 0 Å². The van der Waals surface area contributed by atoms with E-state index in [1.165, 1.54) is 5.56 Å². The largest absolute Gasteiger partial charge is 0.440 e. The van der Waals surface area contributed by atoms with Crippen LogP contribution in [0.3, 0.4) is 0 Å². The summed E-state index contributed by atoms with van der Waals surface area (Å²) in [6.45, 7) is 11.6. The fraction of sp³-hybridized carbons (Fsp3) is 0.286. The van der Waals surface area contributed by atoms with Gasteiger partial charge < -0.3 is 14.5 Å². The van der Waals surface area contributed by atoms with E-state index in [9.17, 15) is 0 Å². The summed E-state index contributed by atoms with van der Waals surface area (Å²) in [6, 6.07) is 16.6. The molecule has 4 heterocycles. The van der Waals surface area contributed by atoms with Crippen LogP contribution < -0.4 is 9.64 Å². The molecule has 0 bridgehead atoms. The first-order valence-electron chi connectivity index (χ1n) is 11.6. The summed E-state index contributed by atoms with van der Waals surface area (Å²) in [5.74, 6) is 1.50. The molecule has 0 atom stereocenters. The lowest BCUT2D eigenvalue weighted by molar-refractivity contribution is 0.454. The minimum Gasteiger partial charge on any atom is -0.440 e. The number of ether oxygens (including phenoxy) is 1. The molecule has 0 unspecified atom stereocenters. The SMILES string of the molecule is Cc1nc2cc(-c3cc(C(C)(C)C)ccn3)cc(Oc3cccc(N4C=CN(C)C4)c3)n2c1C. The summed E-state index contributed by atoms with van der Waals surface area (Å²) in [6.07, 6.45) is 6.03. The normalized spacial score (nSPS) is 13.8. The molecule has 174 valence electrons. The van der Waals surface area contributed by atoms with E-state index in [1.54, 1.807) is 0 Å². The van der Waals surface area contributed by atoms with Crippen molar-refractivity contribution in [3.8, 4) is 22.9 Å². The predicted molar refractivity (Wildman–Crippen MR) is 137 cm³/mol. The predicted octanol–water partition coefficient (Wildman–Crippen LogP) is 6.28. The van der Waals surface area contributed by atoms with Gasteiger partial charge in [0, 0.05) is 54.7 Å². The van der Waals surface area contributed by atoms with E-state index < -0.39 is 0 Å². The number of benzene rings is 1. The van der Waals surface area contributed by atoms with Gasteiger partial charge in [-0.15, -0.1) is 0 Å². The van der Waals surface area contributed by atoms with Gasteiger partial charge in [0.1, 0.15) is 11.4 Å². The Morgan fingerprint density at radius 3 is 2.53 bits per heavy atom. The zero-order valence-electron chi connectivity index (χ0n) is 20.7. The molecule has 0 spiro atoms. The first-order chi connectivity index (χ1) is 16.2. The van der Waals surface area contributed by atoms with Crippen LogP contribution in [-0.2, 0) is 5.41 Å². The van der Waals surface area contributed by atoms with Gasteiger partial charge in [0.05, 0.1) is 18.1 Å². The summed E-state index contributed by atoms with van der Waals surface area (Å²) < 4.78 is 8.58. The fourth-order valence-electron chi connectivity index (χ4n) is 4.21. The Kier molecular flexibility index (Phi) is 5.31. The molecular formula is C28H31N5O. The fourth-order valence-corrected chi connectivity index (χ4v) is 4.21. The first kappa shape index (κ1) is 22.0. The molecule has 3 aromatic heterocycles. The Balaban J connectivity index is 1.58. The van der Waals surface area contributed by atoms with Crippen LogP contribution in [0.25, 0.3) is 16.9 Å². The van der Waals surface area contributed by atoms with E-state index in [2.05, 4.69) is 103 Å². The molecule has 6 heteroatoms. The molecule has 6 nitrogen and oxygen atoms in total. The van der Waals surface area contributed by atoms with Gasteiger partial charge in [0.15, 0.2) is 0 Å². The molecule has 4 aromatic rings. The number of rotatable bonds is 4. The highest BCUT2D eigenvalue weighted by molar-refractivity contribution is 5.68. The zero-order valence-corrected chi connectivity index (χ0v) is 20.7. The highest BCUT2D eigenvalue weighted by Gasteiger charge is 2.18. The summed E-state index contributed by atoms with van der Waals surface area (Å²) >= 11 is 0. The van der Waals surface area contributed by atoms with Crippen LogP contribution in [0.4, 0.5) is 5.69 Å². The zero-order chi connectivity index (χ0) is 24.0. The lowest BCUT2D eigenvalue weighted by Gasteiger charge is -2.20. The van der Waals surface area contributed by atoms with Crippen molar-refractivity contribution >= 4 is 11.3 Å². The number of imidazole rings is 1. The van der Waals surface area contributed by atoms with Gasteiger partial charge in [-0.1, -0.05) is 26.8 Å². The van der Waals surface area contributed by atoms with Crippen LogP contribution in [0.1, 0.15) is 37.7 Å². The second-order valence-corrected chi connectivity index (χ2v) is 10.0. The molecule has 1 aliphatic rings. The van der Waals surface area contributed by atoms with E-state index in [0.29, 0.717) is 0 Å².